The molecule has 0 aliphatic carbocycles. The van der Waals surface area contributed by atoms with Gasteiger partial charge < -0.3 is 14.0 Å². The molecule has 3 rings (SSSR count). The van der Waals surface area contributed by atoms with E-state index in [9.17, 15) is 0 Å². The van der Waals surface area contributed by atoms with E-state index in [0.29, 0.717) is 6.61 Å². The first-order valence-corrected chi connectivity index (χ1v) is 8.89. The summed E-state index contributed by atoms with van der Waals surface area (Å²) in [5.74, 6) is 0.790. The summed E-state index contributed by atoms with van der Waals surface area (Å²) < 4.78 is 19.1. The van der Waals surface area contributed by atoms with E-state index >= 15 is 0 Å². The molecule has 0 N–H and O–H groups in total. The van der Waals surface area contributed by atoms with Crippen LogP contribution in [0.25, 0.3) is 0 Å². The Labute approximate surface area is 152 Å². The number of hydrogen-bond acceptors (Lipinski definition) is 3. The van der Waals surface area contributed by atoms with Gasteiger partial charge in [0.1, 0.15) is 12.4 Å². The Kier molecular flexibility index (Phi) is 4.78. The third-order valence-corrected chi connectivity index (χ3v) is 5.13. The van der Waals surface area contributed by atoms with Gasteiger partial charge in [-0.1, -0.05) is 46.3 Å². The van der Waals surface area contributed by atoms with Crippen molar-refractivity contribution in [3.05, 3.63) is 58.6 Å². The highest BCUT2D eigenvalue weighted by Gasteiger charge is 2.51. The molecule has 3 nitrogen and oxygen atoms in total. The lowest BCUT2D eigenvalue weighted by Crippen LogP contribution is -2.41. The van der Waals surface area contributed by atoms with E-state index in [2.05, 4.69) is 43.6 Å². The van der Waals surface area contributed by atoms with Gasteiger partial charge in [0.15, 0.2) is 0 Å². The Bertz CT molecular complexity index is 700. The number of halogens is 1. The van der Waals surface area contributed by atoms with Gasteiger partial charge in [-0.15, -0.1) is 0 Å². The van der Waals surface area contributed by atoms with E-state index in [-0.39, 0.29) is 11.2 Å². The van der Waals surface area contributed by atoms with Crippen LogP contribution >= 0.6 is 15.9 Å². The Balaban J connectivity index is 1.77. The molecule has 5 heteroatoms. The molecular formula is C19H22BBrO3. The van der Waals surface area contributed by atoms with Gasteiger partial charge in [0.25, 0.3) is 0 Å². The molecule has 0 bridgehead atoms. The molecular weight excluding hydrogens is 367 g/mol. The minimum absolute atomic E-state index is 0.356. The second-order valence-corrected chi connectivity index (χ2v) is 8.00. The zero-order valence-corrected chi connectivity index (χ0v) is 16.1. The van der Waals surface area contributed by atoms with E-state index in [1.54, 1.807) is 0 Å². The first-order valence-electron chi connectivity index (χ1n) is 8.10. The zero-order chi connectivity index (χ0) is 17.4. The normalized spacial score (nSPS) is 18.6. The minimum Gasteiger partial charge on any atom is -0.489 e. The van der Waals surface area contributed by atoms with Crippen molar-refractivity contribution in [2.45, 2.75) is 45.5 Å². The standard InChI is InChI=1S/C19H22BBrO3/c1-18(2)19(3,4)24-20(23-18)15-10-16(21)12-17(11-15)22-13-14-8-6-5-7-9-14/h5-12H,13H2,1-4H3. The molecule has 1 aliphatic heterocycles. The van der Waals surface area contributed by atoms with Crippen molar-refractivity contribution in [2.24, 2.45) is 0 Å². The molecule has 0 radical (unpaired) electrons. The smallest absolute Gasteiger partial charge is 0.489 e. The van der Waals surface area contributed by atoms with Crippen molar-refractivity contribution in [3.8, 4) is 5.75 Å². The first kappa shape index (κ1) is 17.5. The van der Waals surface area contributed by atoms with Crippen LogP contribution in [0.1, 0.15) is 33.3 Å². The van der Waals surface area contributed by atoms with Crippen molar-refractivity contribution in [1.82, 2.24) is 0 Å². The summed E-state index contributed by atoms with van der Waals surface area (Å²) in [7, 11) is -0.397. The largest absolute Gasteiger partial charge is 0.495 e. The first-order chi connectivity index (χ1) is 11.3. The van der Waals surface area contributed by atoms with Gasteiger partial charge >= 0.3 is 7.12 Å². The number of hydrogen-bond donors (Lipinski definition) is 0. The molecule has 0 unspecified atom stereocenters. The number of rotatable bonds is 4. The lowest BCUT2D eigenvalue weighted by Gasteiger charge is -2.32. The summed E-state index contributed by atoms with van der Waals surface area (Å²) in [6, 6.07) is 16.1. The maximum atomic E-state index is 6.12. The molecule has 2 aromatic carbocycles. The molecule has 0 spiro atoms. The second-order valence-electron chi connectivity index (χ2n) is 7.08. The highest BCUT2D eigenvalue weighted by Crippen LogP contribution is 2.36. The molecule has 0 saturated carbocycles. The third-order valence-electron chi connectivity index (χ3n) is 4.67. The van der Waals surface area contributed by atoms with E-state index in [4.69, 9.17) is 14.0 Å². The Morgan fingerprint density at radius 2 is 1.58 bits per heavy atom. The monoisotopic (exact) mass is 388 g/mol. The predicted octanol–water partition coefficient (Wildman–Crippen LogP) is 4.33. The average molecular weight is 389 g/mol. The van der Waals surface area contributed by atoms with Crippen molar-refractivity contribution in [3.63, 3.8) is 0 Å². The summed E-state index contributed by atoms with van der Waals surface area (Å²) in [6.45, 7) is 8.74. The third kappa shape index (κ3) is 3.69. The Hall–Kier alpha value is -1.30. The van der Waals surface area contributed by atoms with Gasteiger partial charge in [0, 0.05) is 4.47 Å². The fourth-order valence-corrected chi connectivity index (χ4v) is 3.01. The van der Waals surface area contributed by atoms with E-state index in [0.717, 1.165) is 21.2 Å². The number of benzene rings is 2. The zero-order valence-electron chi connectivity index (χ0n) is 14.5. The molecule has 0 amide bonds. The van der Waals surface area contributed by atoms with Gasteiger partial charge in [0.2, 0.25) is 0 Å². The van der Waals surface area contributed by atoms with Gasteiger partial charge in [-0.25, -0.2) is 0 Å². The summed E-state index contributed by atoms with van der Waals surface area (Å²) in [5, 5.41) is 0. The maximum absolute atomic E-state index is 6.12. The minimum atomic E-state index is -0.397. The molecule has 1 heterocycles. The molecule has 2 aromatic rings. The predicted molar refractivity (Wildman–Crippen MR) is 101 cm³/mol. The maximum Gasteiger partial charge on any atom is 0.495 e. The van der Waals surface area contributed by atoms with E-state index in [1.807, 2.05) is 48.5 Å². The second kappa shape index (κ2) is 6.55. The molecule has 1 fully saturated rings. The molecule has 126 valence electrons. The SMILES string of the molecule is CC1(C)OB(c2cc(Br)cc(OCc3ccccc3)c2)OC1(C)C. The highest BCUT2D eigenvalue weighted by molar-refractivity contribution is 9.10. The Morgan fingerprint density at radius 3 is 2.21 bits per heavy atom. The van der Waals surface area contributed by atoms with Crippen LogP contribution < -0.4 is 10.2 Å². The Morgan fingerprint density at radius 1 is 0.958 bits per heavy atom. The van der Waals surface area contributed by atoms with Crippen molar-refractivity contribution in [1.29, 1.82) is 0 Å². The average Bonchev–Trinajstić information content (AvgIpc) is 2.74. The molecule has 1 saturated heterocycles. The van der Waals surface area contributed by atoms with Crippen LogP contribution in [0.2, 0.25) is 0 Å². The molecule has 24 heavy (non-hydrogen) atoms. The van der Waals surface area contributed by atoms with Crippen LogP contribution in [0.5, 0.6) is 5.75 Å². The van der Waals surface area contributed by atoms with Gasteiger partial charge in [-0.3, -0.25) is 0 Å². The number of ether oxygens (including phenoxy) is 1. The van der Waals surface area contributed by atoms with Crippen molar-refractivity contribution < 1.29 is 14.0 Å². The topological polar surface area (TPSA) is 27.7 Å². The van der Waals surface area contributed by atoms with Gasteiger partial charge in [-0.2, -0.15) is 0 Å². The molecule has 1 aliphatic rings. The highest BCUT2D eigenvalue weighted by atomic mass is 79.9. The van der Waals surface area contributed by atoms with E-state index < -0.39 is 7.12 Å². The van der Waals surface area contributed by atoms with Crippen LogP contribution in [-0.2, 0) is 15.9 Å². The summed E-state index contributed by atoms with van der Waals surface area (Å²) in [5.41, 5.74) is 1.37. The quantitative estimate of drug-likeness (QED) is 0.729. The lowest BCUT2D eigenvalue weighted by atomic mass is 9.79. The summed E-state index contributed by atoms with van der Waals surface area (Å²) in [4.78, 5) is 0. The fraction of sp³-hybridized carbons (Fsp3) is 0.368. The van der Waals surface area contributed by atoms with Crippen LogP contribution in [0.15, 0.2) is 53.0 Å². The summed E-state index contributed by atoms with van der Waals surface area (Å²) >= 11 is 3.55. The van der Waals surface area contributed by atoms with Crippen LogP contribution in [-0.4, -0.2) is 18.3 Å². The van der Waals surface area contributed by atoms with E-state index in [1.165, 1.54) is 0 Å². The summed E-state index contributed by atoms with van der Waals surface area (Å²) in [6.07, 6.45) is 0. The lowest BCUT2D eigenvalue weighted by molar-refractivity contribution is 0.00578. The van der Waals surface area contributed by atoms with Gasteiger partial charge in [0.05, 0.1) is 11.2 Å². The van der Waals surface area contributed by atoms with Crippen molar-refractivity contribution >= 4 is 28.5 Å². The molecule has 0 atom stereocenters. The van der Waals surface area contributed by atoms with Crippen LogP contribution in [0, 0.1) is 0 Å². The fourth-order valence-electron chi connectivity index (χ4n) is 2.52. The van der Waals surface area contributed by atoms with Crippen molar-refractivity contribution in [2.75, 3.05) is 0 Å². The van der Waals surface area contributed by atoms with Crippen LogP contribution in [0.3, 0.4) is 0 Å². The van der Waals surface area contributed by atoms with Gasteiger partial charge in [-0.05, 0) is 56.9 Å². The molecule has 0 aromatic heterocycles. The van der Waals surface area contributed by atoms with Crippen LogP contribution in [0.4, 0.5) is 0 Å².